The lowest BCUT2D eigenvalue weighted by molar-refractivity contribution is -0.177. The molecule has 0 aromatic rings. The molecule has 3 atom stereocenters. The minimum absolute atomic E-state index is 0.117. The Kier molecular flexibility index (Phi) is 5.69. The first-order chi connectivity index (χ1) is 7.98. The van der Waals surface area contributed by atoms with E-state index >= 15 is 0 Å². The van der Waals surface area contributed by atoms with Gasteiger partial charge in [0, 0.05) is 12.6 Å². The third kappa shape index (κ3) is 4.81. The summed E-state index contributed by atoms with van der Waals surface area (Å²) in [5.74, 6) is 0. The molecule has 0 amide bonds. The van der Waals surface area contributed by atoms with E-state index in [2.05, 4.69) is 5.32 Å². The second-order valence-electron chi connectivity index (χ2n) is 4.09. The van der Waals surface area contributed by atoms with Gasteiger partial charge in [0.05, 0.1) is 25.2 Å². The minimum atomic E-state index is -4.15. The van der Waals surface area contributed by atoms with E-state index in [0.29, 0.717) is 6.61 Å². The fourth-order valence-corrected chi connectivity index (χ4v) is 1.95. The maximum Gasteiger partial charge on any atom is 0.391 e. The Morgan fingerprint density at radius 3 is 2.47 bits per heavy atom. The predicted octanol–water partition coefficient (Wildman–Crippen LogP) is 2.11. The zero-order valence-corrected chi connectivity index (χ0v) is 10.2. The van der Waals surface area contributed by atoms with Crippen LogP contribution in [0.25, 0.3) is 0 Å². The van der Waals surface area contributed by atoms with Crippen molar-refractivity contribution in [3.05, 3.63) is 0 Å². The Hall–Kier alpha value is -0.330. The van der Waals surface area contributed by atoms with Crippen LogP contribution in [0.15, 0.2) is 0 Å². The summed E-state index contributed by atoms with van der Waals surface area (Å²) in [5, 5.41) is 3.23. The van der Waals surface area contributed by atoms with Crippen molar-refractivity contribution in [2.45, 2.75) is 51.1 Å². The molecule has 0 aliphatic heterocycles. The number of nitrogens with one attached hydrogen (secondary N) is 1. The van der Waals surface area contributed by atoms with E-state index in [1.165, 1.54) is 0 Å². The van der Waals surface area contributed by atoms with E-state index in [0.717, 1.165) is 13.0 Å². The monoisotopic (exact) mass is 255 g/mol. The molecule has 3 nitrogen and oxygen atoms in total. The summed E-state index contributed by atoms with van der Waals surface area (Å²) in [6.07, 6.45) is -4.65. The molecule has 0 spiro atoms. The van der Waals surface area contributed by atoms with Gasteiger partial charge >= 0.3 is 6.18 Å². The molecule has 1 saturated carbocycles. The first-order valence-electron chi connectivity index (χ1n) is 6.01. The third-order valence-corrected chi connectivity index (χ3v) is 2.79. The summed E-state index contributed by atoms with van der Waals surface area (Å²) in [6.45, 7) is 4.95. The highest BCUT2D eigenvalue weighted by molar-refractivity contribution is 4.97. The minimum Gasteiger partial charge on any atom is -0.375 e. The number of halogens is 3. The highest BCUT2D eigenvalue weighted by Gasteiger charge is 2.42. The Bertz CT molecular complexity index is 223. The average molecular weight is 255 g/mol. The lowest BCUT2D eigenvalue weighted by atomic mass is 9.85. The van der Waals surface area contributed by atoms with Gasteiger partial charge in [-0.1, -0.05) is 6.92 Å². The summed E-state index contributed by atoms with van der Waals surface area (Å²) < 4.78 is 46.5. The van der Waals surface area contributed by atoms with Crippen molar-refractivity contribution in [3.8, 4) is 0 Å². The van der Waals surface area contributed by atoms with Gasteiger partial charge < -0.3 is 14.8 Å². The van der Waals surface area contributed by atoms with Crippen molar-refractivity contribution in [2.24, 2.45) is 0 Å². The molecule has 6 heteroatoms. The molecule has 0 bridgehead atoms. The van der Waals surface area contributed by atoms with Gasteiger partial charge in [-0.15, -0.1) is 0 Å². The van der Waals surface area contributed by atoms with Gasteiger partial charge in [-0.25, -0.2) is 0 Å². The Morgan fingerprint density at radius 1 is 1.24 bits per heavy atom. The molecule has 1 rings (SSSR count). The highest BCUT2D eigenvalue weighted by Crippen LogP contribution is 2.28. The van der Waals surface area contributed by atoms with Crippen molar-refractivity contribution < 1.29 is 22.6 Å². The summed E-state index contributed by atoms with van der Waals surface area (Å²) in [6, 6.07) is 0.204. The van der Waals surface area contributed by atoms with Gasteiger partial charge in [-0.3, -0.25) is 0 Å². The second kappa shape index (κ2) is 6.56. The second-order valence-corrected chi connectivity index (χ2v) is 4.09. The smallest absolute Gasteiger partial charge is 0.375 e. The predicted molar refractivity (Wildman–Crippen MR) is 57.9 cm³/mol. The van der Waals surface area contributed by atoms with Gasteiger partial charge in [0.15, 0.2) is 0 Å². The molecule has 0 radical (unpaired) electrons. The van der Waals surface area contributed by atoms with Crippen LogP contribution in [-0.2, 0) is 9.47 Å². The molecule has 1 fully saturated rings. The van der Waals surface area contributed by atoms with Crippen LogP contribution < -0.4 is 5.32 Å². The molecule has 17 heavy (non-hydrogen) atoms. The normalized spacial score (nSPS) is 29.1. The molecule has 3 unspecified atom stereocenters. The average Bonchev–Trinajstić information content (AvgIpc) is 2.22. The van der Waals surface area contributed by atoms with E-state index in [1.54, 1.807) is 0 Å². The summed E-state index contributed by atoms with van der Waals surface area (Å²) in [5.41, 5.74) is 0. The molecule has 1 N–H and O–H groups in total. The van der Waals surface area contributed by atoms with Crippen LogP contribution in [0.2, 0.25) is 0 Å². The summed E-state index contributed by atoms with van der Waals surface area (Å²) in [7, 11) is 0. The van der Waals surface area contributed by atoms with Crippen LogP contribution in [0.4, 0.5) is 13.2 Å². The molecule has 0 saturated heterocycles. The lowest BCUT2D eigenvalue weighted by Gasteiger charge is -2.44. The van der Waals surface area contributed by atoms with Gasteiger partial charge in [0.25, 0.3) is 0 Å². The van der Waals surface area contributed by atoms with Crippen LogP contribution in [0, 0.1) is 0 Å². The first kappa shape index (κ1) is 14.7. The number of hydrogen-bond donors (Lipinski definition) is 1. The Balaban J connectivity index is 2.25. The quantitative estimate of drug-likeness (QED) is 0.755. The largest absolute Gasteiger partial charge is 0.391 e. The van der Waals surface area contributed by atoms with E-state index in [4.69, 9.17) is 9.47 Å². The van der Waals surface area contributed by atoms with E-state index in [-0.39, 0.29) is 24.9 Å². The molecule has 0 aromatic heterocycles. The van der Waals surface area contributed by atoms with E-state index in [1.807, 2.05) is 13.8 Å². The molecular formula is C11H20F3NO2. The topological polar surface area (TPSA) is 30.5 Å². The molecule has 102 valence electrons. The lowest BCUT2D eigenvalue weighted by Crippen LogP contribution is -2.60. The van der Waals surface area contributed by atoms with E-state index < -0.39 is 12.6 Å². The summed E-state index contributed by atoms with van der Waals surface area (Å²) in [4.78, 5) is 0. The Morgan fingerprint density at radius 2 is 1.94 bits per heavy atom. The SMILES string of the molecule is CCNC1CC(OCCC(F)(F)F)C1OCC. The van der Waals surface area contributed by atoms with Crippen molar-refractivity contribution >= 4 is 0 Å². The van der Waals surface area contributed by atoms with Gasteiger partial charge in [0.2, 0.25) is 0 Å². The van der Waals surface area contributed by atoms with Crippen molar-refractivity contribution in [2.75, 3.05) is 19.8 Å². The molecule has 0 heterocycles. The molecular weight excluding hydrogens is 235 g/mol. The number of hydrogen-bond acceptors (Lipinski definition) is 3. The number of ether oxygens (including phenoxy) is 2. The Labute approximate surface area is 99.7 Å². The fraction of sp³-hybridized carbons (Fsp3) is 1.00. The number of rotatable bonds is 7. The van der Waals surface area contributed by atoms with Crippen molar-refractivity contribution in [1.82, 2.24) is 5.32 Å². The van der Waals surface area contributed by atoms with Gasteiger partial charge in [-0.2, -0.15) is 13.2 Å². The van der Waals surface area contributed by atoms with Crippen molar-refractivity contribution in [3.63, 3.8) is 0 Å². The molecule has 1 aliphatic carbocycles. The van der Waals surface area contributed by atoms with Gasteiger partial charge in [0.1, 0.15) is 0 Å². The fourth-order valence-electron chi connectivity index (χ4n) is 1.95. The molecule has 1 aliphatic rings. The summed E-state index contributed by atoms with van der Waals surface area (Å²) >= 11 is 0. The van der Waals surface area contributed by atoms with Crippen LogP contribution in [0.3, 0.4) is 0 Å². The third-order valence-electron chi connectivity index (χ3n) is 2.79. The van der Waals surface area contributed by atoms with Crippen LogP contribution >= 0.6 is 0 Å². The first-order valence-corrected chi connectivity index (χ1v) is 6.01. The maximum atomic E-state index is 11.9. The number of likely N-dealkylation sites (N-methyl/N-ethyl adjacent to an activating group) is 1. The highest BCUT2D eigenvalue weighted by atomic mass is 19.4. The zero-order chi connectivity index (χ0) is 12.9. The molecule has 0 aromatic carbocycles. The maximum absolute atomic E-state index is 11.9. The van der Waals surface area contributed by atoms with Crippen LogP contribution in [-0.4, -0.2) is 44.2 Å². The van der Waals surface area contributed by atoms with Crippen LogP contribution in [0.1, 0.15) is 26.7 Å². The van der Waals surface area contributed by atoms with Gasteiger partial charge in [-0.05, 0) is 19.9 Å². The standard InChI is InChI=1S/C11H20F3NO2/c1-3-15-8-7-9(10(8)16-4-2)17-6-5-11(12,13)14/h8-10,15H,3-7H2,1-2H3. The van der Waals surface area contributed by atoms with Crippen LogP contribution in [0.5, 0.6) is 0 Å². The van der Waals surface area contributed by atoms with Crippen molar-refractivity contribution in [1.29, 1.82) is 0 Å². The number of alkyl halides is 3. The zero-order valence-electron chi connectivity index (χ0n) is 10.2. The van der Waals surface area contributed by atoms with E-state index in [9.17, 15) is 13.2 Å².